The van der Waals surface area contributed by atoms with Gasteiger partial charge in [-0.25, -0.2) is 0 Å². The minimum Gasteiger partial charge on any atom is -0.120 e. The van der Waals surface area contributed by atoms with Gasteiger partial charge < -0.3 is 0 Å². The highest BCUT2D eigenvalue weighted by Crippen LogP contribution is 2.17. The lowest BCUT2D eigenvalue weighted by atomic mass is 9.97. The molecule has 0 spiro atoms. The van der Waals surface area contributed by atoms with Crippen LogP contribution in [0.5, 0.6) is 0 Å². The smallest absolute Gasteiger partial charge is 0.00860 e. The summed E-state index contributed by atoms with van der Waals surface area (Å²) in [5.74, 6) is 2.70. The molecule has 0 bridgehead atoms. The van der Waals surface area contributed by atoms with Crippen molar-refractivity contribution in [3.05, 3.63) is 34.4 Å². The van der Waals surface area contributed by atoms with Crippen LogP contribution in [0, 0.1) is 33.1 Å². The van der Waals surface area contributed by atoms with Crippen molar-refractivity contribution in [2.75, 3.05) is 0 Å². The Balaban J connectivity index is 2.35. The summed E-state index contributed by atoms with van der Waals surface area (Å²) in [6.07, 6.45) is 12.4. The van der Waals surface area contributed by atoms with Crippen molar-refractivity contribution in [1.29, 1.82) is 0 Å². The highest BCUT2D eigenvalue weighted by atomic mass is 14.1. The Morgan fingerprint density at radius 2 is 1.53 bits per heavy atom. The summed E-state index contributed by atoms with van der Waals surface area (Å²) in [5, 5.41) is 0. The van der Waals surface area contributed by atoms with Crippen LogP contribution >= 0.6 is 0 Å². The largest absolute Gasteiger partial charge is 0.120 e. The average molecular weight is 228 g/mol. The second-order valence-corrected chi connectivity index (χ2v) is 4.97. The van der Waals surface area contributed by atoms with Crippen LogP contribution in [0.4, 0.5) is 0 Å². The lowest BCUT2D eigenvalue weighted by Gasteiger charge is -2.09. The van der Waals surface area contributed by atoms with Crippen molar-refractivity contribution in [3.63, 3.8) is 0 Å². The molecule has 0 radical (unpaired) electrons. The van der Waals surface area contributed by atoms with E-state index in [1.807, 2.05) is 0 Å². The molecule has 0 N–H and O–H groups in total. The van der Waals surface area contributed by atoms with Crippen LogP contribution in [-0.2, 0) is 6.42 Å². The molecule has 1 aromatic rings. The highest BCUT2D eigenvalue weighted by Gasteiger charge is 2.00. The first-order valence-electron chi connectivity index (χ1n) is 6.65. The first-order chi connectivity index (χ1) is 8.15. The van der Waals surface area contributed by atoms with Gasteiger partial charge in [0.15, 0.2) is 0 Å². The average Bonchev–Trinajstić information content (AvgIpc) is 2.30. The van der Waals surface area contributed by atoms with Crippen molar-refractivity contribution in [2.24, 2.45) is 0 Å². The van der Waals surface area contributed by atoms with Crippen LogP contribution in [0.2, 0.25) is 0 Å². The predicted molar refractivity (Wildman–Crippen MR) is 76.3 cm³/mol. The third-order valence-corrected chi connectivity index (χ3v) is 3.52. The van der Waals surface area contributed by atoms with Gasteiger partial charge in [0.1, 0.15) is 0 Å². The van der Waals surface area contributed by atoms with Gasteiger partial charge in [0.25, 0.3) is 0 Å². The second-order valence-electron chi connectivity index (χ2n) is 4.97. The van der Waals surface area contributed by atoms with Gasteiger partial charge in [0, 0.05) is 6.42 Å². The molecule has 0 heteroatoms. The lowest BCUT2D eigenvalue weighted by molar-refractivity contribution is 0.650. The molecule has 0 aromatic heterocycles. The molecule has 0 nitrogen and oxygen atoms in total. The van der Waals surface area contributed by atoms with Gasteiger partial charge in [0.05, 0.1) is 0 Å². The molecule has 92 valence electrons. The first-order valence-corrected chi connectivity index (χ1v) is 6.65. The summed E-state index contributed by atoms with van der Waals surface area (Å²) in [4.78, 5) is 0. The Kier molecular flexibility index (Phi) is 5.84. The molecule has 0 unspecified atom stereocenters. The van der Waals surface area contributed by atoms with E-state index in [2.05, 4.69) is 38.8 Å². The summed E-state index contributed by atoms with van der Waals surface area (Å²) in [7, 11) is 0. The molecule has 0 atom stereocenters. The van der Waals surface area contributed by atoms with E-state index in [-0.39, 0.29) is 0 Å². The van der Waals surface area contributed by atoms with E-state index < -0.39 is 0 Å². The van der Waals surface area contributed by atoms with Gasteiger partial charge in [-0.15, -0.1) is 12.3 Å². The fourth-order valence-electron chi connectivity index (χ4n) is 2.18. The molecule has 0 aliphatic rings. The fraction of sp³-hybridized carbons (Fsp3) is 0.529. The van der Waals surface area contributed by atoms with E-state index >= 15 is 0 Å². The predicted octanol–water partition coefficient (Wildman–Crippen LogP) is 4.74. The molecular weight excluding hydrogens is 204 g/mol. The molecule has 0 aliphatic heterocycles. The monoisotopic (exact) mass is 228 g/mol. The Labute approximate surface area is 106 Å². The zero-order valence-electron chi connectivity index (χ0n) is 11.5. The van der Waals surface area contributed by atoms with Crippen molar-refractivity contribution in [3.8, 4) is 12.3 Å². The normalized spacial score (nSPS) is 10.2. The van der Waals surface area contributed by atoms with Crippen molar-refractivity contribution in [1.82, 2.24) is 0 Å². The van der Waals surface area contributed by atoms with Crippen molar-refractivity contribution < 1.29 is 0 Å². The number of benzene rings is 1. The van der Waals surface area contributed by atoms with E-state index in [9.17, 15) is 0 Å². The minimum atomic E-state index is 0.933. The SMILES string of the molecule is C#CCCCCCCc1cc(C)c(C)c(C)c1. The van der Waals surface area contributed by atoms with E-state index in [4.69, 9.17) is 6.42 Å². The molecule has 1 aromatic carbocycles. The summed E-state index contributed by atoms with van der Waals surface area (Å²) in [6.45, 7) is 6.62. The molecule has 1 rings (SSSR count). The van der Waals surface area contributed by atoms with E-state index in [1.165, 1.54) is 54.4 Å². The third kappa shape index (κ3) is 4.65. The lowest BCUT2D eigenvalue weighted by Crippen LogP contribution is -1.92. The van der Waals surface area contributed by atoms with Crippen LogP contribution in [0.3, 0.4) is 0 Å². The zero-order valence-corrected chi connectivity index (χ0v) is 11.5. The molecule has 0 amide bonds. The maximum atomic E-state index is 5.23. The Morgan fingerprint density at radius 1 is 0.941 bits per heavy atom. The van der Waals surface area contributed by atoms with E-state index in [0.29, 0.717) is 0 Å². The zero-order chi connectivity index (χ0) is 12.7. The highest BCUT2D eigenvalue weighted by molar-refractivity contribution is 5.36. The number of aryl methyl sites for hydroxylation is 3. The van der Waals surface area contributed by atoms with Crippen LogP contribution in [0.25, 0.3) is 0 Å². The molecule has 0 heterocycles. The van der Waals surface area contributed by atoms with Crippen molar-refractivity contribution >= 4 is 0 Å². The van der Waals surface area contributed by atoms with Gasteiger partial charge in [-0.2, -0.15) is 0 Å². The quantitative estimate of drug-likeness (QED) is 0.487. The Hall–Kier alpha value is -1.22. The number of rotatable bonds is 6. The fourth-order valence-corrected chi connectivity index (χ4v) is 2.18. The molecule has 0 saturated heterocycles. The second kappa shape index (κ2) is 7.17. The minimum absolute atomic E-state index is 0.933. The molecule has 0 saturated carbocycles. The Morgan fingerprint density at radius 3 is 2.12 bits per heavy atom. The standard InChI is InChI=1S/C17H24/c1-5-6-7-8-9-10-11-17-12-14(2)16(4)15(3)13-17/h1,12-13H,6-11H2,2-4H3. The molecule has 0 aliphatic carbocycles. The van der Waals surface area contributed by atoms with Crippen LogP contribution < -0.4 is 0 Å². The van der Waals surface area contributed by atoms with E-state index in [0.717, 1.165) is 6.42 Å². The van der Waals surface area contributed by atoms with Crippen molar-refractivity contribution in [2.45, 2.75) is 59.3 Å². The molecular formula is C17H24. The van der Waals surface area contributed by atoms with Gasteiger partial charge in [-0.1, -0.05) is 25.0 Å². The van der Waals surface area contributed by atoms with Gasteiger partial charge in [-0.05, 0) is 62.3 Å². The summed E-state index contributed by atoms with van der Waals surface area (Å²) in [5.41, 5.74) is 5.77. The van der Waals surface area contributed by atoms with Crippen LogP contribution in [-0.4, -0.2) is 0 Å². The third-order valence-electron chi connectivity index (χ3n) is 3.52. The topological polar surface area (TPSA) is 0 Å². The molecule has 0 fully saturated rings. The number of unbranched alkanes of at least 4 members (excludes halogenated alkanes) is 4. The molecule has 17 heavy (non-hydrogen) atoms. The van der Waals surface area contributed by atoms with Gasteiger partial charge in [-0.3, -0.25) is 0 Å². The Bertz CT molecular complexity index is 370. The van der Waals surface area contributed by atoms with Gasteiger partial charge >= 0.3 is 0 Å². The summed E-state index contributed by atoms with van der Waals surface area (Å²) >= 11 is 0. The van der Waals surface area contributed by atoms with E-state index in [1.54, 1.807) is 0 Å². The van der Waals surface area contributed by atoms with Crippen LogP contribution in [0.1, 0.15) is 54.4 Å². The number of hydrogen-bond donors (Lipinski definition) is 0. The summed E-state index contributed by atoms with van der Waals surface area (Å²) in [6, 6.07) is 4.67. The maximum absolute atomic E-state index is 5.23. The van der Waals surface area contributed by atoms with Gasteiger partial charge in [0.2, 0.25) is 0 Å². The number of hydrogen-bond acceptors (Lipinski definition) is 0. The number of terminal acetylenes is 1. The first kappa shape index (κ1) is 13.8. The van der Waals surface area contributed by atoms with Crippen LogP contribution in [0.15, 0.2) is 12.1 Å². The summed E-state index contributed by atoms with van der Waals surface area (Å²) < 4.78 is 0. The maximum Gasteiger partial charge on any atom is 0.00860 e.